The van der Waals surface area contributed by atoms with Crippen LogP contribution in [0.3, 0.4) is 0 Å². The average molecular weight is 316 g/mol. The maximum atomic E-state index is 12.0. The third-order valence-electron chi connectivity index (χ3n) is 3.30. The van der Waals surface area contributed by atoms with E-state index in [1.165, 1.54) is 10.1 Å². The Hall–Kier alpha value is -2.41. The first-order chi connectivity index (χ1) is 10.6. The molecule has 0 aliphatic carbocycles. The van der Waals surface area contributed by atoms with E-state index < -0.39 is 0 Å². The predicted molar refractivity (Wildman–Crippen MR) is 84.6 cm³/mol. The zero-order chi connectivity index (χ0) is 15.5. The molecule has 0 aliphatic rings. The summed E-state index contributed by atoms with van der Waals surface area (Å²) in [7, 11) is 0. The summed E-state index contributed by atoms with van der Waals surface area (Å²) in [6, 6.07) is 7.83. The molecule has 0 saturated heterocycles. The van der Waals surface area contributed by atoms with Gasteiger partial charge in [0.2, 0.25) is 5.89 Å². The Balaban J connectivity index is 1.61. The van der Waals surface area contributed by atoms with Crippen LogP contribution in [0.15, 0.2) is 34.2 Å². The van der Waals surface area contributed by atoms with E-state index in [9.17, 15) is 4.79 Å². The molecule has 3 rings (SSSR count). The Morgan fingerprint density at radius 1 is 1.41 bits per heavy atom. The van der Waals surface area contributed by atoms with Gasteiger partial charge in [0, 0.05) is 11.6 Å². The number of aryl methyl sites for hydroxylation is 1. The molecule has 6 nitrogen and oxygen atoms in total. The number of carbonyl (C=O) groups is 1. The van der Waals surface area contributed by atoms with E-state index in [2.05, 4.69) is 38.3 Å². The summed E-state index contributed by atoms with van der Waals surface area (Å²) in [5.41, 5.74) is 1.12. The van der Waals surface area contributed by atoms with Crippen molar-refractivity contribution >= 4 is 27.5 Å². The van der Waals surface area contributed by atoms with Gasteiger partial charge in [0.05, 0.1) is 12.6 Å². The fourth-order valence-electron chi connectivity index (χ4n) is 2.23. The van der Waals surface area contributed by atoms with Crippen LogP contribution in [0, 0.1) is 6.92 Å². The summed E-state index contributed by atoms with van der Waals surface area (Å²) < 4.78 is 6.07. The molecule has 0 radical (unpaired) electrons. The second-order valence-electron chi connectivity index (χ2n) is 4.97. The van der Waals surface area contributed by atoms with Gasteiger partial charge in [-0.25, -0.2) is 4.79 Å². The lowest BCUT2D eigenvalue weighted by Gasteiger charge is -2.13. The fraction of sp³-hybridized carbons (Fsp3) is 0.267. The van der Waals surface area contributed by atoms with Crippen molar-refractivity contribution in [3.05, 3.63) is 46.9 Å². The number of hydrogen-bond acceptors (Lipinski definition) is 5. The Morgan fingerprint density at radius 2 is 2.23 bits per heavy atom. The first-order valence-corrected chi connectivity index (χ1v) is 7.81. The number of nitrogens with one attached hydrogen (secondary N) is 2. The zero-order valence-electron chi connectivity index (χ0n) is 12.3. The van der Waals surface area contributed by atoms with Crippen LogP contribution in [0.4, 0.5) is 4.79 Å². The van der Waals surface area contributed by atoms with Crippen LogP contribution in [0.25, 0.3) is 10.1 Å². The SMILES string of the molecule is Cc1nc(CNC(=O)N[C@@H](C)c2csc3ccccc23)no1. The Bertz CT molecular complexity index is 796. The minimum absolute atomic E-state index is 0.0804. The van der Waals surface area contributed by atoms with E-state index in [-0.39, 0.29) is 18.6 Å². The van der Waals surface area contributed by atoms with Gasteiger partial charge in [-0.1, -0.05) is 23.4 Å². The number of benzene rings is 1. The maximum absolute atomic E-state index is 12.0. The molecule has 7 heteroatoms. The number of urea groups is 1. The van der Waals surface area contributed by atoms with Crippen molar-refractivity contribution in [2.24, 2.45) is 0 Å². The van der Waals surface area contributed by atoms with Crippen molar-refractivity contribution in [1.82, 2.24) is 20.8 Å². The number of rotatable bonds is 4. The van der Waals surface area contributed by atoms with Gasteiger partial charge in [-0.3, -0.25) is 0 Å². The van der Waals surface area contributed by atoms with Crippen LogP contribution in [-0.2, 0) is 6.54 Å². The predicted octanol–water partition coefficient (Wildman–Crippen LogP) is 3.15. The maximum Gasteiger partial charge on any atom is 0.315 e. The summed E-state index contributed by atoms with van der Waals surface area (Å²) in [5.74, 6) is 0.941. The van der Waals surface area contributed by atoms with E-state index >= 15 is 0 Å². The summed E-state index contributed by atoms with van der Waals surface area (Å²) in [6.07, 6.45) is 0. The van der Waals surface area contributed by atoms with Gasteiger partial charge in [0.1, 0.15) is 0 Å². The third-order valence-corrected chi connectivity index (χ3v) is 4.28. The molecule has 1 atom stereocenters. The van der Waals surface area contributed by atoms with E-state index in [4.69, 9.17) is 4.52 Å². The van der Waals surface area contributed by atoms with Gasteiger partial charge in [-0.15, -0.1) is 11.3 Å². The number of fused-ring (bicyclic) bond motifs is 1. The molecular weight excluding hydrogens is 300 g/mol. The van der Waals surface area contributed by atoms with Gasteiger partial charge in [0.25, 0.3) is 0 Å². The molecule has 114 valence electrons. The first-order valence-electron chi connectivity index (χ1n) is 6.93. The average Bonchev–Trinajstić information content (AvgIpc) is 3.11. The van der Waals surface area contributed by atoms with E-state index in [1.54, 1.807) is 18.3 Å². The standard InChI is InChI=1S/C15H16N4O2S/c1-9(12-8-22-13-6-4-3-5-11(12)13)17-15(20)16-7-14-18-10(2)21-19-14/h3-6,8-9H,7H2,1-2H3,(H2,16,17,20)/t9-/m0/s1. The fourth-order valence-corrected chi connectivity index (χ4v) is 3.29. The van der Waals surface area contributed by atoms with E-state index in [1.807, 2.05) is 19.1 Å². The summed E-state index contributed by atoms with van der Waals surface area (Å²) in [5, 5.41) is 12.6. The van der Waals surface area contributed by atoms with Crippen molar-refractivity contribution in [3.8, 4) is 0 Å². The normalized spacial score (nSPS) is 12.3. The van der Waals surface area contributed by atoms with Gasteiger partial charge >= 0.3 is 6.03 Å². The molecule has 0 unspecified atom stereocenters. The highest BCUT2D eigenvalue weighted by atomic mass is 32.1. The second kappa shape index (κ2) is 6.15. The van der Waals surface area contributed by atoms with Crippen molar-refractivity contribution in [3.63, 3.8) is 0 Å². The van der Waals surface area contributed by atoms with Gasteiger partial charge in [0.15, 0.2) is 5.82 Å². The van der Waals surface area contributed by atoms with Crippen molar-refractivity contribution in [2.75, 3.05) is 0 Å². The molecule has 1 aromatic carbocycles. The number of thiophene rings is 1. The van der Waals surface area contributed by atoms with Crippen LogP contribution in [0.1, 0.15) is 30.2 Å². The molecule has 0 spiro atoms. The lowest BCUT2D eigenvalue weighted by atomic mass is 10.1. The molecule has 3 aromatic rings. The van der Waals surface area contributed by atoms with Crippen LogP contribution in [-0.4, -0.2) is 16.2 Å². The van der Waals surface area contributed by atoms with Crippen LogP contribution in [0.2, 0.25) is 0 Å². The van der Waals surface area contributed by atoms with Crippen LogP contribution in [0.5, 0.6) is 0 Å². The molecule has 0 saturated carbocycles. The van der Waals surface area contributed by atoms with Crippen LogP contribution < -0.4 is 10.6 Å². The number of amides is 2. The molecule has 2 N–H and O–H groups in total. The Labute approximate surface area is 131 Å². The lowest BCUT2D eigenvalue weighted by molar-refractivity contribution is 0.237. The summed E-state index contributed by atoms with van der Waals surface area (Å²) in [4.78, 5) is 16.0. The summed E-state index contributed by atoms with van der Waals surface area (Å²) in [6.45, 7) is 3.91. The molecular formula is C15H16N4O2S. The number of aromatic nitrogens is 2. The topological polar surface area (TPSA) is 80.0 Å². The van der Waals surface area contributed by atoms with Crippen molar-refractivity contribution in [2.45, 2.75) is 26.4 Å². The minimum atomic E-state index is -0.259. The van der Waals surface area contributed by atoms with Crippen LogP contribution >= 0.6 is 11.3 Å². The van der Waals surface area contributed by atoms with Crippen molar-refractivity contribution in [1.29, 1.82) is 0 Å². The van der Waals surface area contributed by atoms with Crippen molar-refractivity contribution < 1.29 is 9.32 Å². The first kappa shape index (κ1) is 14.5. The molecule has 0 fully saturated rings. The molecule has 22 heavy (non-hydrogen) atoms. The molecule has 0 bridgehead atoms. The monoisotopic (exact) mass is 316 g/mol. The zero-order valence-corrected chi connectivity index (χ0v) is 13.1. The Kier molecular flexibility index (Phi) is 4.06. The highest BCUT2D eigenvalue weighted by molar-refractivity contribution is 7.17. The lowest BCUT2D eigenvalue weighted by Crippen LogP contribution is -2.36. The summed E-state index contributed by atoms with van der Waals surface area (Å²) >= 11 is 1.68. The third kappa shape index (κ3) is 3.09. The molecule has 2 amide bonds. The molecule has 2 heterocycles. The second-order valence-corrected chi connectivity index (χ2v) is 5.88. The molecule has 0 aliphatic heterocycles. The number of hydrogen-bond donors (Lipinski definition) is 2. The van der Waals surface area contributed by atoms with E-state index in [0.29, 0.717) is 11.7 Å². The van der Waals surface area contributed by atoms with Gasteiger partial charge in [-0.2, -0.15) is 4.98 Å². The Morgan fingerprint density at radius 3 is 3.00 bits per heavy atom. The van der Waals surface area contributed by atoms with E-state index in [0.717, 1.165) is 5.56 Å². The largest absolute Gasteiger partial charge is 0.340 e. The van der Waals surface area contributed by atoms with Gasteiger partial charge in [-0.05, 0) is 29.3 Å². The number of nitrogens with zero attached hydrogens (tertiary/aromatic N) is 2. The highest BCUT2D eigenvalue weighted by Crippen LogP contribution is 2.29. The molecule has 2 aromatic heterocycles. The number of carbonyl (C=O) groups excluding carboxylic acids is 1. The quantitative estimate of drug-likeness (QED) is 0.775. The van der Waals surface area contributed by atoms with Gasteiger partial charge < -0.3 is 15.2 Å². The smallest absolute Gasteiger partial charge is 0.315 e. The highest BCUT2D eigenvalue weighted by Gasteiger charge is 2.14. The minimum Gasteiger partial charge on any atom is -0.340 e.